The number of carboxylic acid groups (broad SMARTS) is 1. The van der Waals surface area contributed by atoms with Crippen molar-refractivity contribution in [3.63, 3.8) is 0 Å². The highest BCUT2D eigenvalue weighted by Gasteiger charge is 2.15. The normalized spacial score (nSPS) is 10.7. The van der Waals surface area contributed by atoms with Crippen LogP contribution in [0, 0.1) is 0 Å². The Hall–Kier alpha value is -1.06. The zero-order valence-corrected chi connectivity index (χ0v) is 11.9. The number of hydrogen-bond donors (Lipinski definition) is 1. The van der Waals surface area contributed by atoms with Gasteiger partial charge in [-0.05, 0) is 33.1 Å². The van der Waals surface area contributed by atoms with Crippen LogP contribution in [0.2, 0.25) is 0 Å². The molecule has 1 N–H and O–H groups in total. The van der Waals surface area contributed by atoms with Crippen molar-refractivity contribution < 1.29 is 14.7 Å². The summed E-state index contributed by atoms with van der Waals surface area (Å²) in [6.07, 6.45) is 5.23. The van der Waals surface area contributed by atoms with E-state index >= 15 is 0 Å². The van der Waals surface area contributed by atoms with Crippen LogP contribution in [0.1, 0.15) is 65.7 Å². The number of aliphatic carboxylic acids is 1. The van der Waals surface area contributed by atoms with Gasteiger partial charge in [0.2, 0.25) is 5.91 Å². The van der Waals surface area contributed by atoms with Gasteiger partial charge in [-0.1, -0.05) is 19.8 Å². The van der Waals surface area contributed by atoms with Crippen LogP contribution in [0.5, 0.6) is 0 Å². The van der Waals surface area contributed by atoms with Gasteiger partial charge in [-0.15, -0.1) is 0 Å². The Morgan fingerprint density at radius 2 is 1.67 bits per heavy atom. The highest BCUT2D eigenvalue weighted by atomic mass is 16.4. The molecule has 0 spiro atoms. The second kappa shape index (κ2) is 9.92. The van der Waals surface area contributed by atoms with Gasteiger partial charge in [0.15, 0.2) is 0 Å². The summed E-state index contributed by atoms with van der Waals surface area (Å²) >= 11 is 0. The van der Waals surface area contributed by atoms with Crippen LogP contribution < -0.4 is 0 Å². The van der Waals surface area contributed by atoms with E-state index in [0.29, 0.717) is 19.3 Å². The number of amides is 1. The van der Waals surface area contributed by atoms with Gasteiger partial charge in [-0.25, -0.2) is 0 Å². The first-order valence-corrected chi connectivity index (χ1v) is 7.00. The summed E-state index contributed by atoms with van der Waals surface area (Å²) in [7, 11) is 0. The molecule has 0 aliphatic carbocycles. The maximum Gasteiger partial charge on any atom is 0.303 e. The minimum atomic E-state index is -0.786. The maximum absolute atomic E-state index is 12.0. The van der Waals surface area contributed by atoms with E-state index in [1.54, 1.807) is 0 Å². The van der Waals surface area contributed by atoms with Crippen molar-refractivity contribution in [2.75, 3.05) is 6.54 Å². The molecule has 0 bridgehead atoms. The molecule has 0 aliphatic rings. The van der Waals surface area contributed by atoms with Crippen LogP contribution in [0.25, 0.3) is 0 Å². The molecular formula is C14H27NO3. The fraction of sp³-hybridized carbons (Fsp3) is 0.857. The van der Waals surface area contributed by atoms with Crippen molar-refractivity contribution in [2.24, 2.45) is 0 Å². The second-order valence-corrected chi connectivity index (χ2v) is 4.99. The van der Waals surface area contributed by atoms with E-state index < -0.39 is 5.97 Å². The quantitative estimate of drug-likeness (QED) is 0.612. The molecular weight excluding hydrogens is 230 g/mol. The van der Waals surface area contributed by atoms with Gasteiger partial charge in [-0.3, -0.25) is 9.59 Å². The van der Waals surface area contributed by atoms with Crippen molar-refractivity contribution in [1.82, 2.24) is 4.90 Å². The minimum absolute atomic E-state index is 0.158. The highest BCUT2D eigenvalue weighted by Crippen LogP contribution is 2.09. The lowest BCUT2D eigenvalue weighted by Crippen LogP contribution is -2.37. The summed E-state index contributed by atoms with van der Waals surface area (Å²) in [4.78, 5) is 24.3. The Morgan fingerprint density at radius 3 is 2.17 bits per heavy atom. The summed E-state index contributed by atoms with van der Waals surface area (Å²) in [5, 5.41) is 8.52. The van der Waals surface area contributed by atoms with E-state index in [-0.39, 0.29) is 18.4 Å². The fourth-order valence-electron chi connectivity index (χ4n) is 1.90. The third-order valence-electron chi connectivity index (χ3n) is 2.98. The number of hydrogen-bond acceptors (Lipinski definition) is 2. The average Bonchev–Trinajstić information content (AvgIpc) is 2.29. The molecule has 106 valence electrons. The number of unbranched alkanes of at least 4 members (excludes halogenated alkanes) is 3. The van der Waals surface area contributed by atoms with Crippen molar-refractivity contribution in [3.05, 3.63) is 0 Å². The molecule has 0 atom stereocenters. The molecule has 0 heterocycles. The Morgan fingerprint density at radius 1 is 1.06 bits per heavy atom. The molecule has 0 aromatic carbocycles. The van der Waals surface area contributed by atoms with Crippen molar-refractivity contribution in [2.45, 2.75) is 71.8 Å². The third kappa shape index (κ3) is 8.09. The zero-order valence-electron chi connectivity index (χ0n) is 11.9. The second-order valence-electron chi connectivity index (χ2n) is 4.99. The molecule has 0 saturated heterocycles. The van der Waals surface area contributed by atoms with E-state index in [1.165, 1.54) is 0 Å². The van der Waals surface area contributed by atoms with Crippen molar-refractivity contribution in [3.8, 4) is 0 Å². The Balaban J connectivity index is 3.94. The van der Waals surface area contributed by atoms with Crippen LogP contribution in [0.15, 0.2) is 0 Å². The van der Waals surface area contributed by atoms with E-state index in [1.807, 2.05) is 18.7 Å². The van der Waals surface area contributed by atoms with Crippen LogP contribution in [-0.4, -0.2) is 34.5 Å². The Kier molecular flexibility index (Phi) is 9.33. The van der Waals surface area contributed by atoms with Crippen molar-refractivity contribution >= 4 is 11.9 Å². The molecule has 4 nitrogen and oxygen atoms in total. The number of carbonyl (C=O) groups is 2. The molecule has 0 aromatic rings. The van der Waals surface area contributed by atoms with Gasteiger partial charge in [0.1, 0.15) is 0 Å². The summed E-state index contributed by atoms with van der Waals surface area (Å²) in [5.41, 5.74) is 0. The summed E-state index contributed by atoms with van der Waals surface area (Å²) in [6, 6.07) is 0.230. The molecule has 0 fully saturated rings. The molecule has 4 heteroatoms. The van der Waals surface area contributed by atoms with Gasteiger partial charge in [0.25, 0.3) is 0 Å². The van der Waals surface area contributed by atoms with Crippen LogP contribution in [0.4, 0.5) is 0 Å². The predicted molar refractivity (Wildman–Crippen MR) is 72.5 cm³/mol. The summed E-state index contributed by atoms with van der Waals surface area (Å²) < 4.78 is 0. The first kappa shape index (κ1) is 16.9. The first-order valence-electron chi connectivity index (χ1n) is 7.00. The van der Waals surface area contributed by atoms with Crippen LogP contribution >= 0.6 is 0 Å². The SMILES string of the molecule is CCCCCN(C(=O)CCCCC(=O)O)C(C)C. The Bertz CT molecular complexity index is 251. The first-order chi connectivity index (χ1) is 8.49. The van der Waals surface area contributed by atoms with E-state index in [4.69, 9.17) is 5.11 Å². The molecule has 0 aromatic heterocycles. The van der Waals surface area contributed by atoms with Gasteiger partial charge < -0.3 is 10.0 Å². The molecule has 0 rings (SSSR count). The summed E-state index contributed by atoms with van der Waals surface area (Å²) in [6.45, 7) is 7.03. The van der Waals surface area contributed by atoms with E-state index in [0.717, 1.165) is 25.8 Å². The lowest BCUT2D eigenvalue weighted by molar-refractivity contribution is -0.138. The maximum atomic E-state index is 12.0. The van der Waals surface area contributed by atoms with Gasteiger partial charge in [0, 0.05) is 25.4 Å². The molecule has 0 aliphatic heterocycles. The highest BCUT2D eigenvalue weighted by molar-refractivity contribution is 5.76. The monoisotopic (exact) mass is 257 g/mol. The minimum Gasteiger partial charge on any atom is -0.481 e. The smallest absolute Gasteiger partial charge is 0.303 e. The molecule has 18 heavy (non-hydrogen) atoms. The fourth-order valence-corrected chi connectivity index (χ4v) is 1.90. The van der Waals surface area contributed by atoms with Gasteiger partial charge in [0.05, 0.1) is 0 Å². The Labute approximate surface area is 110 Å². The predicted octanol–water partition coefficient (Wildman–Crippen LogP) is 3.06. The number of carbonyl (C=O) groups excluding carboxylic acids is 1. The molecule has 0 saturated carbocycles. The lowest BCUT2D eigenvalue weighted by atomic mass is 10.1. The van der Waals surface area contributed by atoms with E-state index in [2.05, 4.69) is 6.92 Å². The number of carboxylic acids is 1. The number of rotatable bonds is 10. The molecule has 0 radical (unpaired) electrons. The van der Waals surface area contributed by atoms with Gasteiger partial charge in [-0.2, -0.15) is 0 Å². The largest absolute Gasteiger partial charge is 0.481 e. The van der Waals surface area contributed by atoms with Crippen molar-refractivity contribution in [1.29, 1.82) is 0 Å². The molecule has 1 amide bonds. The van der Waals surface area contributed by atoms with Crippen LogP contribution in [0.3, 0.4) is 0 Å². The molecule has 0 unspecified atom stereocenters. The third-order valence-corrected chi connectivity index (χ3v) is 2.98. The van der Waals surface area contributed by atoms with Gasteiger partial charge >= 0.3 is 5.97 Å². The topological polar surface area (TPSA) is 57.6 Å². The van der Waals surface area contributed by atoms with E-state index in [9.17, 15) is 9.59 Å². The van der Waals surface area contributed by atoms with Crippen LogP contribution in [-0.2, 0) is 9.59 Å². The zero-order chi connectivity index (χ0) is 14.0. The number of nitrogens with zero attached hydrogens (tertiary/aromatic N) is 1. The average molecular weight is 257 g/mol. The lowest BCUT2D eigenvalue weighted by Gasteiger charge is -2.27. The summed E-state index contributed by atoms with van der Waals surface area (Å²) in [5.74, 6) is -0.627. The standard InChI is InChI=1S/C14H27NO3/c1-4-5-8-11-15(12(2)3)13(16)9-6-7-10-14(17)18/h12H,4-11H2,1-3H3,(H,17,18).